The molecule has 0 fully saturated rings. The van der Waals surface area contributed by atoms with Crippen molar-refractivity contribution in [1.82, 2.24) is 9.78 Å². The van der Waals surface area contributed by atoms with Crippen molar-refractivity contribution in [2.45, 2.75) is 25.9 Å². The van der Waals surface area contributed by atoms with E-state index in [1.54, 1.807) is 31.8 Å². The summed E-state index contributed by atoms with van der Waals surface area (Å²) in [7, 11) is 1.79. The molecule has 0 saturated heterocycles. The second kappa shape index (κ2) is 3.86. The highest BCUT2D eigenvalue weighted by atomic mass is 19.1. The Morgan fingerprint density at radius 1 is 1.64 bits per heavy atom. The minimum atomic E-state index is -1.16. The van der Waals surface area contributed by atoms with Crippen LogP contribution in [0.15, 0.2) is 6.20 Å². The summed E-state index contributed by atoms with van der Waals surface area (Å²) in [6.45, 7) is 3.64. The number of nitrogen functional groups attached to an aromatic ring is 1. The average Bonchev–Trinajstić information content (AvgIpc) is 2.27. The van der Waals surface area contributed by atoms with E-state index in [-0.39, 0.29) is 0 Å². The van der Waals surface area contributed by atoms with Crippen LogP contribution in [-0.2, 0) is 7.05 Å². The Bertz CT molecular complexity index is 300. The van der Waals surface area contributed by atoms with Crippen molar-refractivity contribution in [3.05, 3.63) is 6.20 Å². The van der Waals surface area contributed by atoms with Gasteiger partial charge < -0.3 is 11.1 Å². The number of anilines is 2. The molecule has 0 bridgehead atoms. The second-order valence-corrected chi connectivity index (χ2v) is 4.00. The molecule has 5 heteroatoms. The smallest absolute Gasteiger partial charge is 0.171 e. The minimum Gasteiger partial charge on any atom is -0.394 e. The maximum atomic E-state index is 13.1. The lowest BCUT2D eigenvalue weighted by atomic mass is 10.1. The van der Waals surface area contributed by atoms with Crippen molar-refractivity contribution in [1.29, 1.82) is 0 Å². The quantitative estimate of drug-likeness (QED) is 0.775. The molecule has 0 saturated carbocycles. The molecule has 0 aliphatic rings. The maximum Gasteiger partial charge on any atom is 0.171 e. The fraction of sp³-hybridized carbons (Fsp3) is 0.667. The fourth-order valence-corrected chi connectivity index (χ4v) is 1.12. The first-order valence-corrected chi connectivity index (χ1v) is 4.60. The van der Waals surface area contributed by atoms with Gasteiger partial charge in [0.15, 0.2) is 5.82 Å². The number of aryl methyl sites for hydroxylation is 1. The number of nitrogens with one attached hydrogen (secondary N) is 1. The highest BCUT2D eigenvalue weighted by Gasteiger charge is 2.14. The van der Waals surface area contributed by atoms with E-state index < -0.39 is 5.67 Å². The van der Waals surface area contributed by atoms with Crippen LogP contribution in [0.5, 0.6) is 0 Å². The third kappa shape index (κ3) is 3.24. The van der Waals surface area contributed by atoms with Gasteiger partial charge in [-0.1, -0.05) is 0 Å². The summed E-state index contributed by atoms with van der Waals surface area (Å²) in [6, 6.07) is 0. The Hall–Kier alpha value is -1.26. The van der Waals surface area contributed by atoms with Crippen molar-refractivity contribution in [3.63, 3.8) is 0 Å². The van der Waals surface area contributed by atoms with Gasteiger partial charge in [0.25, 0.3) is 0 Å². The monoisotopic (exact) mass is 200 g/mol. The highest BCUT2D eigenvalue weighted by Crippen LogP contribution is 2.17. The highest BCUT2D eigenvalue weighted by molar-refractivity contribution is 5.59. The minimum absolute atomic E-state index is 0.434. The number of hydrogen-bond donors (Lipinski definition) is 2. The number of nitrogens with zero attached hydrogens (tertiary/aromatic N) is 2. The number of halogens is 1. The molecular weight excluding hydrogens is 183 g/mol. The van der Waals surface area contributed by atoms with Gasteiger partial charge in [-0.3, -0.25) is 4.68 Å². The molecule has 1 aromatic heterocycles. The fourth-order valence-electron chi connectivity index (χ4n) is 1.12. The van der Waals surface area contributed by atoms with E-state index in [1.807, 2.05) is 0 Å². The molecular formula is C9H17FN4. The van der Waals surface area contributed by atoms with E-state index in [4.69, 9.17) is 5.73 Å². The van der Waals surface area contributed by atoms with Crippen molar-refractivity contribution in [2.24, 2.45) is 7.05 Å². The summed E-state index contributed by atoms with van der Waals surface area (Å²) in [4.78, 5) is 0. The Balaban J connectivity index is 2.42. The lowest BCUT2D eigenvalue weighted by Crippen LogP contribution is -2.18. The molecule has 0 amide bonds. The van der Waals surface area contributed by atoms with Crippen LogP contribution in [0.25, 0.3) is 0 Å². The first kappa shape index (κ1) is 10.8. The summed E-state index contributed by atoms with van der Waals surface area (Å²) in [5.41, 5.74) is 5.08. The van der Waals surface area contributed by atoms with Crippen LogP contribution in [0, 0.1) is 0 Å². The van der Waals surface area contributed by atoms with Gasteiger partial charge in [0, 0.05) is 19.8 Å². The van der Waals surface area contributed by atoms with E-state index in [2.05, 4.69) is 10.4 Å². The summed E-state index contributed by atoms with van der Waals surface area (Å²) in [5, 5.41) is 7.08. The standard InChI is InChI=1S/C9H17FN4/c1-9(2,10)4-5-12-8-7(11)6-14(3)13-8/h6H,4-5,11H2,1-3H3,(H,12,13). The lowest BCUT2D eigenvalue weighted by Gasteiger charge is -2.13. The molecule has 0 aliphatic heterocycles. The maximum absolute atomic E-state index is 13.1. The second-order valence-electron chi connectivity index (χ2n) is 4.00. The molecule has 0 radical (unpaired) electrons. The first-order chi connectivity index (χ1) is 6.38. The molecule has 0 aromatic carbocycles. The molecule has 1 aromatic rings. The topological polar surface area (TPSA) is 55.9 Å². The number of alkyl halides is 1. The van der Waals surface area contributed by atoms with Gasteiger partial charge >= 0.3 is 0 Å². The largest absolute Gasteiger partial charge is 0.394 e. The molecule has 0 aliphatic carbocycles. The van der Waals surface area contributed by atoms with Gasteiger partial charge in [0.05, 0.1) is 5.69 Å². The van der Waals surface area contributed by atoms with E-state index in [0.717, 1.165) is 0 Å². The van der Waals surface area contributed by atoms with Crippen LogP contribution < -0.4 is 11.1 Å². The van der Waals surface area contributed by atoms with Gasteiger partial charge in [-0.15, -0.1) is 0 Å². The summed E-state index contributed by atoms with van der Waals surface area (Å²) >= 11 is 0. The molecule has 1 heterocycles. The zero-order chi connectivity index (χ0) is 10.8. The Labute approximate surface area is 83.3 Å². The van der Waals surface area contributed by atoms with Crippen molar-refractivity contribution < 1.29 is 4.39 Å². The number of nitrogens with two attached hydrogens (primary N) is 1. The molecule has 0 unspecified atom stereocenters. The summed E-state index contributed by atoms with van der Waals surface area (Å²) in [5.74, 6) is 0.622. The van der Waals surface area contributed by atoms with Crippen LogP contribution in [0.4, 0.5) is 15.9 Å². The van der Waals surface area contributed by atoms with Gasteiger partial charge in [-0.2, -0.15) is 5.10 Å². The predicted molar refractivity (Wildman–Crippen MR) is 55.9 cm³/mol. The third-order valence-corrected chi connectivity index (χ3v) is 1.87. The molecule has 3 N–H and O–H groups in total. The predicted octanol–water partition coefficient (Wildman–Crippen LogP) is 1.55. The van der Waals surface area contributed by atoms with Crippen molar-refractivity contribution >= 4 is 11.5 Å². The molecule has 80 valence electrons. The normalized spacial score (nSPS) is 11.7. The molecule has 0 spiro atoms. The molecule has 0 atom stereocenters. The van der Waals surface area contributed by atoms with Crippen LogP contribution in [-0.4, -0.2) is 22.0 Å². The van der Waals surface area contributed by atoms with Crippen LogP contribution in [0.3, 0.4) is 0 Å². The molecule has 1 rings (SSSR count). The zero-order valence-corrected chi connectivity index (χ0v) is 8.84. The van der Waals surface area contributed by atoms with Gasteiger partial charge in [0.2, 0.25) is 0 Å². The van der Waals surface area contributed by atoms with Crippen molar-refractivity contribution in [2.75, 3.05) is 17.6 Å². The lowest BCUT2D eigenvalue weighted by molar-refractivity contribution is 0.207. The van der Waals surface area contributed by atoms with Gasteiger partial charge in [0.1, 0.15) is 5.67 Å². The summed E-state index contributed by atoms with van der Waals surface area (Å²) < 4.78 is 14.7. The first-order valence-electron chi connectivity index (χ1n) is 4.60. The van der Waals surface area contributed by atoms with Gasteiger partial charge in [-0.05, 0) is 20.3 Å². The Kier molecular flexibility index (Phi) is 2.98. The Morgan fingerprint density at radius 3 is 2.71 bits per heavy atom. The van der Waals surface area contributed by atoms with Crippen LogP contribution >= 0.6 is 0 Å². The average molecular weight is 200 g/mol. The molecule has 14 heavy (non-hydrogen) atoms. The third-order valence-electron chi connectivity index (χ3n) is 1.87. The summed E-state index contributed by atoms with van der Waals surface area (Å²) in [6.07, 6.45) is 2.14. The van der Waals surface area contributed by atoms with Crippen LogP contribution in [0.2, 0.25) is 0 Å². The SMILES string of the molecule is Cn1cc(N)c(NCCC(C)(C)F)n1. The van der Waals surface area contributed by atoms with Crippen molar-refractivity contribution in [3.8, 4) is 0 Å². The number of hydrogen-bond acceptors (Lipinski definition) is 3. The van der Waals surface area contributed by atoms with Gasteiger partial charge in [-0.25, -0.2) is 4.39 Å². The number of rotatable bonds is 4. The Morgan fingerprint density at radius 2 is 2.29 bits per heavy atom. The number of aromatic nitrogens is 2. The van der Waals surface area contributed by atoms with E-state index in [9.17, 15) is 4.39 Å². The van der Waals surface area contributed by atoms with Crippen LogP contribution in [0.1, 0.15) is 20.3 Å². The zero-order valence-electron chi connectivity index (χ0n) is 8.84. The van der Waals surface area contributed by atoms with E-state index in [1.165, 1.54) is 0 Å². The van der Waals surface area contributed by atoms with E-state index in [0.29, 0.717) is 24.5 Å². The molecule has 4 nitrogen and oxygen atoms in total. The van der Waals surface area contributed by atoms with E-state index >= 15 is 0 Å².